The van der Waals surface area contributed by atoms with Crippen LogP contribution < -0.4 is 5.32 Å². The maximum Gasteiger partial charge on any atom is 0.151 e. The molecule has 0 bridgehead atoms. The van der Waals surface area contributed by atoms with Crippen LogP contribution in [0, 0.1) is 17.6 Å². The molecule has 124 valence electrons. The van der Waals surface area contributed by atoms with Gasteiger partial charge in [0.2, 0.25) is 0 Å². The lowest BCUT2D eigenvalue weighted by Crippen LogP contribution is -2.37. The SMILES string of the molecule is CC(C)[C@H](CO)NCc1nc(-c2cccc(Cl)c2F)ccc1F. The fourth-order valence-corrected chi connectivity index (χ4v) is 2.37. The van der Waals surface area contributed by atoms with Gasteiger partial charge in [0.05, 0.1) is 23.0 Å². The standard InChI is InChI=1S/C17H19ClF2N2O/c1-10(2)16(9-23)21-8-15-13(19)6-7-14(22-15)11-4-3-5-12(18)17(11)20/h3-7,10,16,21,23H,8-9H2,1-2H3/t16-/m0/s1. The highest BCUT2D eigenvalue weighted by Crippen LogP contribution is 2.26. The van der Waals surface area contributed by atoms with E-state index in [-0.39, 0.29) is 41.4 Å². The molecule has 0 amide bonds. The molecule has 0 fully saturated rings. The van der Waals surface area contributed by atoms with E-state index in [9.17, 15) is 13.9 Å². The molecule has 0 saturated heterocycles. The van der Waals surface area contributed by atoms with E-state index in [4.69, 9.17) is 11.6 Å². The first-order valence-electron chi connectivity index (χ1n) is 7.38. The molecule has 1 atom stereocenters. The molecule has 0 aliphatic carbocycles. The molecule has 3 nitrogen and oxygen atoms in total. The van der Waals surface area contributed by atoms with Gasteiger partial charge in [0.25, 0.3) is 0 Å². The number of pyridine rings is 1. The van der Waals surface area contributed by atoms with E-state index in [0.29, 0.717) is 5.69 Å². The van der Waals surface area contributed by atoms with Crippen molar-refractivity contribution < 1.29 is 13.9 Å². The number of hydrogen-bond donors (Lipinski definition) is 2. The summed E-state index contributed by atoms with van der Waals surface area (Å²) in [5.41, 5.74) is 0.704. The molecule has 1 heterocycles. The number of rotatable bonds is 6. The molecule has 0 unspecified atom stereocenters. The Bertz CT molecular complexity index is 680. The molecule has 2 rings (SSSR count). The number of aromatic nitrogens is 1. The fourth-order valence-electron chi connectivity index (χ4n) is 2.20. The summed E-state index contributed by atoms with van der Waals surface area (Å²) in [6, 6.07) is 7.11. The Labute approximate surface area is 139 Å². The summed E-state index contributed by atoms with van der Waals surface area (Å²) in [5, 5.41) is 12.4. The second-order valence-corrected chi connectivity index (χ2v) is 6.05. The van der Waals surface area contributed by atoms with E-state index >= 15 is 0 Å². The molecular formula is C17H19ClF2N2O. The number of nitrogens with one attached hydrogen (secondary N) is 1. The van der Waals surface area contributed by atoms with Crippen LogP contribution in [-0.2, 0) is 6.54 Å². The van der Waals surface area contributed by atoms with Crippen molar-refractivity contribution in [2.75, 3.05) is 6.61 Å². The Morgan fingerprint density at radius 1 is 1.22 bits per heavy atom. The fraction of sp³-hybridized carbons (Fsp3) is 0.353. The second kappa shape index (κ2) is 7.81. The van der Waals surface area contributed by atoms with Crippen molar-refractivity contribution >= 4 is 11.6 Å². The normalized spacial score (nSPS) is 12.7. The first-order chi connectivity index (χ1) is 10.9. The molecule has 2 aromatic rings. The molecule has 6 heteroatoms. The lowest BCUT2D eigenvalue weighted by atomic mass is 10.1. The Morgan fingerprint density at radius 3 is 2.61 bits per heavy atom. The Balaban J connectivity index is 2.27. The zero-order chi connectivity index (χ0) is 17.0. The Hall–Kier alpha value is -1.56. The van der Waals surface area contributed by atoms with Crippen molar-refractivity contribution in [3.63, 3.8) is 0 Å². The molecular weight excluding hydrogens is 322 g/mol. The predicted molar refractivity (Wildman–Crippen MR) is 87.2 cm³/mol. The molecule has 0 radical (unpaired) electrons. The van der Waals surface area contributed by atoms with E-state index in [0.717, 1.165) is 0 Å². The average Bonchev–Trinajstić information content (AvgIpc) is 2.52. The van der Waals surface area contributed by atoms with Gasteiger partial charge < -0.3 is 10.4 Å². The third-order valence-electron chi connectivity index (χ3n) is 3.68. The van der Waals surface area contributed by atoms with Gasteiger partial charge in [0, 0.05) is 18.2 Å². The predicted octanol–water partition coefficient (Wildman–Crippen LogP) is 3.79. The summed E-state index contributed by atoms with van der Waals surface area (Å²) < 4.78 is 28.0. The zero-order valence-corrected chi connectivity index (χ0v) is 13.7. The van der Waals surface area contributed by atoms with Gasteiger partial charge in [-0.2, -0.15) is 0 Å². The quantitative estimate of drug-likeness (QED) is 0.841. The maximum absolute atomic E-state index is 14.1. The van der Waals surface area contributed by atoms with Gasteiger partial charge >= 0.3 is 0 Å². The number of hydrogen-bond acceptors (Lipinski definition) is 3. The monoisotopic (exact) mass is 340 g/mol. The molecule has 1 aromatic heterocycles. The van der Waals surface area contributed by atoms with Crippen LogP contribution in [0.25, 0.3) is 11.3 Å². The van der Waals surface area contributed by atoms with Crippen LogP contribution >= 0.6 is 11.6 Å². The van der Waals surface area contributed by atoms with Gasteiger partial charge in [-0.05, 0) is 30.2 Å². The van der Waals surface area contributed by atoms with E-state index in [1.807, 2.05) is 13.8 Å². The minimum atomic E-state index is -0.581. The highest BCUT2D eigenvalue weighted by molar-refractivity contribution is 6.31. The highest BCUT2D eigenvalue weighted by atomic mass is 35.5. The molecule has 0 spiro atoms. The van der Waals surface area contributed by atoms with Gasteiger partial charge in [0.1, 0.15) is 5.82 Å². The number of aliphatic hydroxyl groups excluding tert-OH is 1. The van der Waals surface area contributed by atoms with Crippen LogP contribution in [-0.4, -0.2) is 22.7 Å². The molecule has 0 aliphatic rings. The topological polar surface area (TPSA) is 45.1 Å². The smallest absolute Gasteiger partial charge is 0.151 e. The van der Waals surface area contributed by atoms with Crippen molar-refractivity contribution in [2.45, 2.75) is 26.4 Å². The molecule has 2 N–H and O–H groups in total. The Morgan fingerprint density at radius 2 is 1.96 bits per heavy atom. The van der Waals surface area contributed by atoms with Crippen molar-refractivity contribution in [3.05, 3.63) is 52.7 Å². The highest BCUT2D eigenvalue weighted by Gasteiger charge is 2.15. The van der Waals surface area contributed by atoms with Crippen LogP contribution in [0.3, 0.4) is 0 Å². The summed E-state index contributed by atoms with van der Waals surface area (Å²) in [6.45, 7) is 4.00. The average molecular weight is 341 g/mol. The minimum Gasteiger partial charge on any atom is -0.395 e. The van der Waals surface area contributed by atoms with Gasteiger partial charge in [-0.25, -0.2) is 13.8 Å². The van der Waals surface area contributed by atoms with Crippen LogP contribution in [0.4, 0.5) is 8.78 Å². The lowest BCUT2D eigenvalue weighted by Gasteiger charge is -2.20. The number of nitrogens with zero attached hydrogens (tertiary/aromatic N) is 1. The third-order valence-corrected chi connectivity index (χ3v) is 3.97. The van der Waals surface area contributed by atoms with Crippen molar-refractivity contribution in [1.29, 1.82) is 0 Å². The van der Waals surface area contributed by atoms with Crippen molar-refractivity contribution in [1.82, 2.24) is 10.3 Å². The second-order valence-electron chi connectivity index (χ2n) is 5.64. The number of halogens is 3. The zero-order valence-electron chi connectivity index (χ0n) is 13.0. The van der Waals surface area contributed by atoms with E-state index < -0.39 is 11.6 Å². The summed E-state index contributed by atoms with van der Waals surface area (Å²) in [4.78, 5) is 4.19. The summed E-state index contributed by atoms with van der Waals surface area (Å²) in [7, 11) is 0. The van der Waals surface area contributed by atoms with Crippen LogP contribution in [0.1, 0.15) is 19.5 Å². The number of benzene rings is 1. The van der Waals surface area contributed by atoms with Crippen molar-refractivity contribution in [3.8, 4) is 11.3 Å². The minimum absolute atomic E-state index is 0.00606. The van der Waals surface area contributed by atoms with E-state index in [1.54, 1.807) is 12.1 Å². The van der Waals surface area contributed by atoms with Crippen LogP contribution in [0.2, 0.25) is 5.02 Å². The summed E-state index contributed by atoms with van der Waals surface area (Å²) in [5.74, 6) is -0.872. The Kier molecular flexibility index (Phi) is 6.04. The molecule has 1 aromatic carbocycles. The third kappa shape index (κ3) is 4.25. The summed E-state index contributed by atoms with van der Waals surface area (Å²) >= 11 is 5.77. The van der Waals surface area contributed by atoms with Gasteiger partial charge in [-0.15, -0.1) is 0 Å². The van der Waals surface area contributed by atoms with E-state index in [1.165, 1.54) is 18.2 Å². The molecule has 0 saturated carbocycles. The largest absolute Gasteiger partial charge is 0.395 e. The first kappa shape index (κ1) is 17.8. The van der Waals surface area contributed by atoms with Gasteiger partial charge in [0.15, 0.2) is 5.82 Å². The first-order valence-corrected chi connectivity index (χ1v) is 7.76. The van der Waals surface area contributed by atoms with Crippen molar-refractivity contribution in [2.24, 2.45) is 5.92 Å². The maximum atomic E-state index is 14.1. The van der Waals surface area contributed by atoms with Gasteiger partial charge in [-0.1, -0.05) is 31.5 Å². The lowest BCUT2D eigenvalue weighted by molar-refractivity contribution is 0.209. The van der Waals surface area contributed by atoms with Gasteiger partial charge in [-0.3, -0.25) is 0 Å². The molecule has 23 heavy (non-hydrogen) atoms. The molecule has 0 aliphatic heterocycles. The van der Waals surface area contributed by atoms with E-state index in [2.05, 4.69) is 10.3 Å². The van der Waals surface area contributed by atoms with Crippen LogP contribution in [0.15, 0.2) is 30.3 Å². The van der Waals surface area contributed by atoms with Crippen LogP contribution in [0.5, 0.6) is 0 Å². The number of aliphatic hydroxyl groups is 1. The summed E-state index contributed by atoms with van der Waals surface area (Å²) in [6.07, 6.45) is 0.